The number of nitrogens with zero attached hydrogens (tertiary/aromatic N) is 2. The Balaban J connectivity index is 1.66. The van der Waals surface area contributed by atoms with Crippen LogP contribution in [0.25, 0.3) is 0 Å². The zero-order chi connectivity index (χ0) is 21.4. The van der Waals surface area contributed by atoms with Gasteiger partial charge in [0, 0.05) is 48.1 Å². The summed E-state index contributed by atoms with van der Waals surface area (Å²) in [6, 6.07) is 22.0. The Morgan fingerprint density at radius 3 is 2.35 bits per heavy atom. The van der Waals surface area contributed by atoms with Gasteiger partial charge in [-0.1, -0.05) is 42.5 Å². The van der Waals surface area contributed by atoms with E-state index in [1.807, 2.05) is 61.5 Å². The number of aromatic nitrogens is 1. The molecular weight excluding hydrogens is 384 g/mol. The number of ketones is 1. The third-order valence-corrected chi connectivity index (χ3v) is 6.37. The van der Waals surface area contributed by atoms with Crippen LogP contribution >= 0.6 is 0 Å². The molecule has 1 aromatic heterocycles. The predicted molar refractivity (Wildman–Crippen MR) is 121 cm³/mol. The Bertz CT molecular complexity index is 1170. The first-order valence-corrected chi connectivity index (χ1v) is 10.7. The van der Waals surface area contributed by atoms with Gasteiger partial charge in [-0.15, -0.1) is 0 Å². The Morgan fingerprint density at radius 2 is 1.61 bits per heavy atom. The molecule has 0 saturated heterocycles. The lowest BCUT2D eigenvalue weighted by molar-refractivity contribution is -0.120. The lowest BCUT2D eigenvalue weighted by Crippen LogP contribution is -2.41. The van der Waals surface area contributed by atoms with E-state index in [0.717, 1.165) is 33.6 Å². The molecule has 4 heteroatoms. The smallest absolute Gasteiger partial charge is 0.232 e. The number of aryl methyl sites for hydroxylation is 1. The van der Waals surface area contributed by atoms with Crippen LogP contribution in [-0.2, 0) is 9.59 Å². The van der Waals surface area contributed by atoms with Crippen molar-refractivity contribution in [2.75, 3.05) is 4.90 Å². The summed E-state index contributed by atoms with van der Waals surface area (Å²) in [5, 5.41) is 0. The normalized spacial score (nSPS) is 21.3. The Morgan fingerprint density at radius 1 is 0.839 bits per heavy atom. The van der Waals surface area contributed by atoms with E-state index in [9.17, 15) is 9.59 Å². The maximum absolute atomic E-state index is 13.5. The second-order valence-electron chi connectivity index (χ2n) is 8.40. The molecule has 0 radical (unpaired) electrons. The van der Waals surface area contributed by atoms with Gasteiger partial charge >= 0.3 is 0 Å². The molecule has 2 unspecified atom stereocenters. The largest absolute Gasteiger partial charge is 0.294 e. The fourth-order valence-corrected chi connectivity index (χ4v) is 4.94. The van der Waals surface area contributed by atoms with Crippen LogP contribution < -0.4 is 4.90 Å². The van der Waals surface area contributed by atoms with Gasteiger partial charge in [-0.05, 0) is 60.2 Å². The molecule has 0 saturated carbocycles. The van der Waals surface area contributed by atoms with Crippen molar-refractivity contribution in [1.82, 2.24) is 4.98 Å². The molecule has 1 aliphatic carbocycles. The Labute approximate surface area is 182 Å². The number of hydrogen-bond donors (Lipinski definition) is 0. The maximum atomic E-state index is 13.5. The van der Waals surface area contributed by atoms with Gasteiger partial charge in [-0.25, -0.2) is 0 Å². The van der Waals surface area contributed by atoms with Gasteiger partial charge in [0.25, 0.3) is 0 Å². The minimum atomic E-state index is -0.212. The summed E-state index contributed by atoms with van der Waals surface area (Å²) in [6.45, 7) is 2.02. The molecule has 154 valence electrons. The van der Waals surface area contributed by atoms with Crippen LogP contribution in [0.3, 0.4) is 0 Å². The van der Waals surface area contributed by atoms with Crippen LogP contribution in [0.1, 0.15) is 47.8 Å². The van der Waals surface area contributed by atoms with Gasteiger partial charge in [0.2, 0.25) is 5.91 Å². The molecule has 0 spiro atoms. The first kappa shape index (κ1) is 19.4. The van der Waals surface area contributed by atoms with Gasteiger partial charge in [0.1, 0.15) is 0 Å². The Hall–Kier alpha value is -3.53. The SMILES string of the molecule is Cc1cccc(N2C(=O)CC(c3ccncc3)C3=C2CC(c2ccccc2)CC3=O)c1. The van der Waals surface area contributed by atoms with Gasteiger partial charge in [0.15, 0.2) is 5.78 Å². The van der Waals surface area contributed by atoms with Gasteiger partial charge in [-0.3, -0.25) is 19.5 Å². The van der Waals surface area contributed by atoms with E-state index < -0.39 is 0 Å². The first-order valence-electron chi connectivity index (χ1n) is 10.7. The number of pyridine rings is 1. The van der Waals surface area contributed by atoms with E-state index in [2.05, 4.69) is 17.1 Å². The van der Waals surface area contributed by atoms with Crippen LogP contribution in [0.15, 0.2) is 90.4 Å². The molecule has 1 amide bonds. The van der Waals surface area contributed by atoms with Crippen LogP contribution in [0.5, 0.6) is 0 Å². The number of anilines is 1. The molecule has 3 aromatic rings. The summed E-state index contributed by atoms with van der Waals surface area (Å²) in [6.07, 6.45) is 4.89. The molecule has 31 heavy (non-hydrogen) atoms. The minimum absolute atomic E-state index is 0.0349. The molecule has 0 fully saturated rings. The standard InChI is InChI=1S/C27H24N2O2/c1-18-6-5-9-22(14-18)29-24-15-21(19-7-3-2-4-8-19)16-25(30)27(24)23(17-26(29)31)20-10-12-28-13-11-20/h2-14,21,23H,15-17H2,1H3. The van der Waals surface area contributed by atoms with E-state index >= 15 is 0 Å². The fourth-order valence-electron chi connectivity index (χ4n) is 4.94. The topological polar surface area (TPSA) is 50.3 Å². The highest BCUT2D eigenvalue weighted by Gasteiger charge is 2.42. The van der Waals surface area contributed by atoms with Crippen LogP contribution in [0.4, 0.5) is 5.69 Å². The van der Waals surface area contributed by atoms with Crippen molar-refractivity contribution in [3.05, 3.63) is 107 Å². The summed E-state index contributed by atoms with van der Waals surface area (Å²) < 4.78 is 0. The number of benzene rings is 2. The average molecular weight is 409 g/mol. The van der Waals surface area contributed by atoms with Crippen LogP contribution in [0, 0.1) is 6.92 Å². The number of allylic oxidation sites excluding steroid dienone is 2. The minimum Gasteiger partial charge on any atom is -0.294 e. The Kier molecular flexibility index (Phi) is 4.99. The molecule has 2 heterocycles. The van der Waals surface area contributed by atoms with Crippen LogP contribution in [0.2, 0.25) is 0 Å². The molecule has 2 aromatic carbocycles. The van der Waals surface area contributed by atoms with Gasteiger partial charge in [0.05, 0.1) is 0 Å². The number of amides is 1. The molecule has 2 aliphatic rings. The first-order chi connectivity index (χ1) is 15.1. The number of rotatable bonds is 3. The number of Topliss-reactive ketones (excluding diaryl/α,β-unsaturated/α-hetero) is 1. The van der Waals surface area contributed by atoms with Crippen molar-refractivity contribution in [2.45, 2.75) is 38.0 Å². The van der Waals surface area contributed by atoms with E-state index in [1.54, 1.807) is 17.3 Å². The van der Waals surface area contributed by atoms with Crippen molar-refractivity contribution >= 4 is 17.4 Å². The van der Waals surface area contributed by atoms with E-state index in [-0.39, 0.29) is 23.5 Å². The van der Waals surface area contributed by atoms with Gasteiger partial charge in [-0.2, -0.15) is 0 Å². The lowest BCUT2D eigenvalue weighted by atomic mass is 9.73. The second kappa shape index (κ2) is 7.95. The predicted octanol–water partition coefficient (Wildman–Crippen LogP) is 5.31. The van der Waals surface area contributed by atoms with Crippen molar-refractivity contribution in [2.24, 2.45) is 0 Å². The highest BCUT2D eigenvalue weighted by atomic mass is 16.2. The zero-order valence-electron chi connectivity index (χ0n) is 17.5. The number of carbonyl (C=O) groups excluding carboxylic acids is 2. The van der Waals surface area contributed by atoms with Crippen molar-refractivity contribution in [1.29, 1.82) is 0 Å². The molecule has 0 bridgehead atoms. The summed E-state index contributed by atoms with van der Waals surface area (Å²) in [4.78, 5) is 32.9. The van der Waals surface area contributed by atoms with Crippen molar-refractivity contribution < 1.29 is 9.59 Å². The molecule has 5 rings (SSSR count). The lowest BCUT2D eigenvalue weighted by Gasteiger charge is -2.40. The maximum Gasteiger partial charge on any atom is 0.232 e. The summed E-state index contributed by atoms with van der Waals surface area (Å²) >= 11 is 0. The molecular formula is C27H24N2O2. The zero-order valence-corrected chi connectivity index (χ0v) is 17.5. The number of hydrogen-bond acceptors (Lipinski definition) is 3. The third kappa shape index (κ3) is 3.59. The van der Waals surface area contributed by atoms with Gasteiger partial charge < -0.3 is 0 Å². The molecule has 4 nitrogen and oxygen atoms in total. The summed E-state index contributed by atoms with van der Waals surface area (Å²) in [5.41, 5.74) is 5.70. The molecule has 1 aliphatic heterocycles. The highest BCUT2D eigenvalue weighted by Crippen LogP contribution is 2.46. The summed E-state index contributed by atoms with van der Waals surface area (Å²) in [7, 11) is 0. The third-order valence-electron chi connectivity index (χ3n) is 6.37. The molecule has 2 atom stereocenters. The van der Waals surface area contributed by atoms with Crippen molar-refractivity contribution in [3.63, 3.8) is 0 Å². The monoisotopic (exact) mass is 408 g/mol. The summed E-state index contributed by atoms with van der Waals surface area (Å²) in [5.74, 6) is 0.0364. The van der Waals surface area contributed by atoms with E-state index in [1.165, 1.54) is 0 Å². The van der Waals surface area contributed by atoms with E-state index in [4.69, 9.17) is 0 Å². The van der Waals surface area contributed by atoms with E-state index in [0.29, 0.717) is 19.3 Å². The average Bonchev–Trinajstić information content (AvgIpc) is 2.79. The molecule has 0 N–H and O–H groups in total. The second-order valence-corrected chi connectivity index (χ2v) is 8.40. The fraction of sp³-hybridized carbons (Fsp3) is 0.222. The van der Waals surface area contributed by atoms with Crippen LogP contribution in [-0.4, -0.2) is 16.7 Å². The van der Waals surface area contributed by atoms with Crippen molar-refractivity contribution in [3.8, 4) is 0 Å². The number of carbonyl (C=O) groups is 2. The quantitative estimate of drug-likeness (QED) is 0.590. The highest BCUT2D eigenvalue weighted by molar-refractivity contribution is 6.07.